The highest BCUT2D eigenvalue weighted by molar-refractivity contribution is 5.67. The van der Waals surface area contributed by atoms with Crippen molar-refractivity contribution in [1.82, 2.24) is 0 Å². The predicted octanol–water partition coefficient (Wildman–Crippen LogP) is 0.0893. The third kappa shape index (κ3) is 8.23. The van der Waals surface area contributed by atoms with Gasteiger partial charge in [-0.3, -0.25) is 14.4 Å². The van der Waals surface area contributed by atoms with Crippen LogP contribution in [0.25, 0.3) is 0 Å². The average molecular weight is 350 g/mol. The highest BCUT2D eigenvalue weighted by Crippen LogP contribution is 2.18. The number of methoxy groups -OCH3 is 3. The molecule has 0 aromatic carbocycles. The molecule has 0 aliphatic rings. The van der Waals surface area contributed by atoms with Gasteiger partial charge in [-0.2, -0.15) is 0 Å². The Labute approximate surface area is 141 Å². The van der Waals surface area contributed by atoms with Gasteiger partial charge in [0.25, 0.3) is 0 Å². The summed E-state index contributed by atoms with van der Waals surface area (Å²) in [7, 11) is 4.20. The van der Waals surface area contributed by atoms with Gasteiger partial charge in [0.05, 0.1) is 6.61 Å². The zero-order valence-corrected chi connectivity index (χ0v) is 14.9. The molecule has 0 rings (SSSR count). The molecule has 24 heavy (non-hydrogen) atoms. The van der Waals surface area contributed by atoms with E-state index in [0.717, 1.165) is 0 Å². The Morgan fingerprint density at radius 3 is 1.42 bits per heavy atom. The number of hydrogen-bond donors (Lipinski definition) is 0. The highest BCUT2D eigenvalue weighted by Gasteiger charge is 2.39. The van der Waals surface area contributed by atoms with Gasteiger partial charge in [0, 0.05) is 42.1 Å². The van der Waals surface area contributed by atoms with Crippen molar-refractivity contribution in [1.29, 1.82) is 0 Å². The molecule has 0 saturated heterocycles. The molecule has 0 spiro atoms. The first-order valence-electron chi connectivity index (χ1n) is 7.29. The van der Waals surface area contributed by atoms with E-state index in [9.17, 15) is 14.4 Å². The molecule has 0 fully saturated rings. The van der Waals surface area contributed by atoms with Crippen molar-refractivity contribution in [2.75, 3.05) is 34.5 Å². The minimum absolute atomic E-state index is 0.0400. The van der Waals surface area contributed by atoms with Crippen LogP contribution in [-0.4, -0.2) is 76.9 Å². The van der Waals surface area contributed by atoms with Crippen LogP contribution in [0.1, 0.15) is 20.8 Å². The van der Waals surface area contributed by atoms with Gasteiger partial charge in [-0.25, -0.2) is 0 Å². The topological polar surface area (TPSA) is 107 Å². The molecule has 0 N–H and O–H groups in total. The van der Waals surface area contributed by atoms with Gasteiger partial charge in [0.2, 0.25) is 0 Å². The summed E-state index contributed by atoms with van der Waals surface area (Å²) in [6.45, 7) is 3.51. The van der Waals surface area contributed by atoms with Gasteiger partial charge in [-0.05, 0) is 0 Å². The zero-order chi connectivity index (χ0) is 18.7. The van der Waals surface area contributed by atoms with E-state index >= 15 is 0 Å². The monoisotopic (exact) mass is 350 g/mol. The van der Waals surface area contributed by atoms with E-state index in [4.69, 9.17) is 28.4 Å². The first kappa shape index (κ1) is 22.3. The third-order valence-corrected chi connectivity index (χ3v) is 3.02. The van der Waals surface area contributed by atoms with E-state index in [1.54, 1.807) is 0 Å². The van der Waals surface area contributed by atoms with Crippen molar-refractivity contribution in [3.8, 4) is 0 Å². The number of carbonyl (C=O) groups excluding carboxylic acids is 3. The second-order valence-electron chi connectivity index (χ2n) is 4.95. The van der Waals surface area contributed by atoms with Crippen LogP contribution in [0.5, 0.6) is 0 Å². The van der Waals surface area contributed by atoms with E-state index in [-0.39, 0.29) is 13.2 Å². The number of carbonyl (C=O) groups is 3. The summed E-state index contributed by atoms with van der Waals surface area (Å²) in [5.74, 6) is -1.65. The number of hydrogen-bond acceptors (Lipinski definition) is 9. The zero-order valence-electron chi connectivity index (χ0n) is 14.9. The van der Waals surface area contributed by atoms with E-state index in [1.165, 1.54) is 42.1 Å². The van der Waals surface area contributed by atoms with Crippen LogP contribution in [0.2, 0.25) is 0 Å². The average Bonchev–Trinajstić information content (AvgIpc) is 2.47. The third-order valence-electron chi connectivity index (χ3n) is 3.02. The smallest absolute Gasteiger partial charge is 0.303 e. The van der Waals surface area contributed by atoms with Gasteiger partial charge in [-0.1, -0.05) is 0 Å². The summed E-state index contributed by atoms with van der Waals surface area (Å²) >= 11 is 0. The standard InChI is InChI=1S/C15H26O9/c1-9(16)22-8-13(24-11(3)18)15(21-6)14(20-5)12(7-19-4)23-10(2)17/h12-15H,7-8H2,1-6H3/t12-,13-,14-,15-/m1/s1. The molecule has 0 saturated carbocycles. The molecule has 4 atom stereocenters. The maximum Gasteiger partial charge on any atom is 0.303 e. The molecule has 0 aliphatic heterocycles. The van der Waals surface area contributed by atoms with Crippen LogP contribution < -0.4 is 0 Å². The number of esters is 3. The fourth-order valence-corrected chi connectivity index (χ4v) is 2.18. The quantitative estimate of drug-likeness (QED) is 0.378. The van der Waals surface area contributed by atoms with Crippen molar-refractivity contribution in [3.05, 3.63) is 0 Å². The summed E-state index contributed by atoms with van der Waals surface area (Å²) in [5, 5.41) is 0. The summed E-state index contributed by atoms with van der Waals surface area (Å²) in [5.41, 5.74) is 0. The summed E-state index contributed by atoms with van der Waals surface area (Å²) in [4.78, 5) is 33.7. The minimum atomic E-state index is -0.948. The van der Waals surface area contributed by atoms with Crippen molar-refractivity contribution < 1.29 is 42.8 Å². The van der Waals surface area contributed by atoms with Gasteiger partial charge in [-0.15, -0.1) is 0 Å². The lowest BCUT2D eigenvalue weighted by Crippen LogP contribution is -2.52. The SMILES string of the molecule is COC[C@@H](OC(C)=O)[C@@H](OC)[C@H](OC)[C@@H](COC(C)=O)OC(C)=O. The van der Waals surface area contributed by atoms with E-state index in [0.29, 0.717) is 0 Å². The van der Waals surface area contributed by atoms with Gasteiger partial charge in [0.1, 0.15) is 18.8 Å². The second kappa shape index (κ2) is 11.8. The van der Waals surface area contributed by atoms with Gasteiger partial charge < -0.3 is 28.4 Å². The van der Waals surface area contributed by atoms with Crippen molar-refractivity contribution in [3.63, 3.8) is 0 Å². The summed E-state index contributed by atoms with van der Waals surface area (Å²) in [6.07, 6.45) is -3.44. The van der Waals surface area contributed by atoms with Gasteiger partial charge >= 0.3 is 17.9 Å². The molecule has 9 heteroatoms. The second-order valence-corrected chi connectivity index (χ2v) is 4.95. The highest BCUT2D eigenvalue weighted by atomic mass is 16.6. The van der Waals surface area contributed by atoms with E-state index in [2.05, 4.69) is 0 Å². The van der Waals surface area contributed by atoms with E-state index in [1.807, 2.05) is 0 Å². The Balaban J connectivity index is 5.39. The van der Waals surface area contributed by atoms with Crippen LogP contribution in [0.4, 0.5) is 0 Å². The molecule has 0 aromatic rings. The molecular formula is C15H26O9. The molecular weight excluding hydrogens is 324 g/mol. The fraction of sp³-hybridized carbons (Fsp3) is 0.800. The predicted molar refractivity (Wildman–Crippen MR) is 81.2 cm³/mol. The Morgan fingerprint density at radius 2 is 1.12 bits per heavy atom. The lowest BCUT2D eigenvalue weighted by atomic mass is 10.0. The molecule has 9 nitrogen and oxygen atoms in total. The van der Waals surface area contributed by atoms with Crippen LogP contribution in [-0.2, 0) is 42.8 Å². The first-order valence-corrected chi connectivity index (χ1v) is 7.29. The van der Waals surface area contributed by atoms with E-state index < -0.39 is 42.3 Å². The molecule has 0 aliphatic carbocycles. The Kier molecular flexibility index (Phi) is 10.9. The Morgan fingerprint density at radius 1 is 0.708 bits per heavy atom. The molecule has 140 valence electrons. The first-order chi connectivity index (χ1) is 11.3. The normalized spacial score (nSPS) is 15.8. The largest absolute Gasteiger partial charge is 0.462 e. The van der Waals surface area contributed by atoms with Crippen LogP contribution in [0.15, 0.2) is 0 Å². The van der Waals surface area contributed by atoms with Crippen molar-refractivity contribution in [2.24, 2.45) is 0 Å². The maximum absolute atomic E-state index is 11.3. The summed E-state index contributed by atoms with van der Waals surface area (Å²) < 4.78 is 31.0. The van der Waals surface area contributed by atoms with Gasteiger partial charge in [0.15, 0.2) is 12.2 Å². The van der Waals surface area contributed by atoms with Crippen LogP contribution >= 0.6 is 0 Å². The van der Waals surface area contributed by atoms with Crippen LogP contribution in [0.3, 0.4) is 0 Å². The molecule has 0 radical (unpaired) electrons. The molecule has 0 bridgehead atoms. The molecule has 0 aromatic heterocycles. The lowest BCUT2D eigenvalue weighted by Gasteiger charge is -2.34. The summed E-state index contributed by atoms with van der Waals surface area (Å²) in [6, 6.07) is 0. The maximum atomic E-state index is 11.3. The fourth-order valence-electron chi connectivity index (χ4n) is 2.18. The number of rotatable bonds is 11. The lowest BCUT2D eigenvalue weighted by molar-refractivity contribution is -0.192. The number of ether oxygens (including phenoxy) is 6. The minimum Gasteiger partial charge on any atom is -0.462 e. The van der Waals surface area contributed by atoms with Crippen molar-refractivity contribution >= 4 is 17.9 Å². The Hall–Kier alpha value is -1.71. The van der Waals surface area contributed by atoms with Crippen molar-refractivity contribution in [2.45, 2.75) is 45.2 Å². The molecule has 0 amide bonds. The molecule has 0 heterocycles. The Bertz CT molecular complexity index is 410. The van der Waals surface area contributed by atoms with Crippen LogP contribution in [0, 0.1) is 0 Å². The molecule has 0 unspecified atom stereocenters.